The average Bonchev–Trinajstić information content (AvgIpc) is 3.04. The molecule has 3 aliphatic rings. The van der Waals surface area contributed by atoms with Crippen LogP contribution in [0.3, 0.4) is 0 Å². The van der Waals surface area contributed by atoms with Crippen molar-refractivity contribution in [2.75, 3.05) is 19.6 Å². The Bertz CT molecular complexity index is 380. The van der Waals surface area contributed by atoms with Crippen LogP contribution in [-0.2, 0) is 9.59 Å². The zero-order chi connectivity index (χ0) is 12.8. The molecule has 1 saturated carbocycles. The Labute approximate surface area is 107 Å². The minimum absolute atomic E-state index is 0.0342. The predicted octanol–water partition coefficient (Wildman–Crippen LogP) is -0.134. The lowest BCUT2D eigenvalue weighted by Crippen LogP contribution is -2.56. The van der Waals surface area contributed by atoms with E-state index in [9.17, 15) is 9.59 Å². The molecular weight excluding hydrogens is 230 g/mol. The summed E-state index contributed by atoms with van der Waals surface area (Å²) >= 11 is 0. The lowest BCUT2D eigenvalue weighted by molar-refractivity contribution is -0.133. The van der Waals surface area contributed by atoms with Crippen LogP contribution in [0.4, 0.5) is 0 Å². The van der Waals surface area contributed by atoms with Crippen LogP contribution in [0.25, 0.3) is 0 Å². The highest BCUT2D eigenvalue weighted by Crippen LogP contribution is 2.37. The van der Waals surface area contributed by atoms with Crippen molar-refractivity contribution in [1.82, 2.24) is 15.5 Å². The summed E-state index contributed by atoms with van der Waals surface area (Å²) in [6.07, 6.45) is 4.08. The minimum atomic E-state index is -0.0342. The molecule has 3 fully saturated rings. The molecule has 0 bridgehead atoms. The second-order valence-corrected chi connectivity index (χ2v) is 6.20. The van der Waals surface area contributed by atoms with Gasteiger partial charge < -0.3 is 15.5 Å². The number of likely N-dealkylation sites (tertiary alicyclic amines) is 1. The highest BCUT2D eigenvalue weighted by Gasteiger charge is 2.46. The summed E-state index contributed by atoms with van der Waals surface area (Å²) in [7, 11) is 0. The lowest BCUT2D eigenvalue weighted by atomic mass is 9.77. The molecule has 0 aromatic heterocycles. The highest BCUT2D eigenvalue weighted by molar-refractivity contribution is 5.80. The maximum atomic E-state index is 11.7. The average molecular weight is 251 g/mol. The maximum absolute atomic E-state index is 11.7. The van der Waals surface area contributed by atoms with Gasteiger partial charge in [0.1, 0.15) is 0 Å². The van der Waals surface area contributed by atoms with Crippen LogP contribution in [0.15, 0.2) is 0 Å². The number of carbonyl (C=O) groups excluding carboxylic acids is 2. The summed E-state index contributed by atoms with van der Waals surface area (Å²) in [5, 5.41) is 6.54. The van der Waals surface area contributed by atoms with Gasteiger partial charge in [0, 0.05) is 50.5 Å². The van der Waals surface area contributed by atoms with E-state index in [1.807, 2.05) is 4.90 Å². The second-order valence-electron chi connectivity index (χ2n) is 6.20. The third-order valence-corrected chi connectivity index (χ3v) is 4.34. The van der Waals surface area contributed by atoms with Gasteiger partial charge in [0.05, 0.1) is 0 Å². The van der Waals surface area contributed by atoms with Gasteiger partial charge in [-0.05, 0) is 19.3 Å². The highest BCUT2D eigenvalue weighted by atomic mass is 16.2. The van der Waals surface area contributed by atoms with Gasteiger partial charge in [-0.3, -0.25) is 9.59 Å². The van der Waals surface area contributed by atoms with E-state index in [0.717, 1.165) is 26.1 Å². The number of piperidine rings is 1. The van der Waals surface area contributed by atoms with Gasteiger partial charge >= 0.3 is 0 Å². The summed E-state index contributed by atoms with van der Waals surface area (Å²) < 4.78 is 0. The van der Waals surface area contributed by atoms with Gasteiger partial charge in [-0.25, -0.2) is 0 Å². The Balaban J connectivity index is 1.73. The van der Waals surface area contributed by atoms with Crippen molar-refractivity contribution >= 4 is 11.8 Å². The summed E-state index contributed by atoms with van der Waals surface area (Å²) in [6, 6.07) is 0.992. The fourth-order valence-electron chi connectivity index (χ4n) is 3.33. The first kappa shape index (κ1) is 12.0. The van der Waals surface area contributed by atoms with Crippen LogP contribution in [-0.4, -0.2) is 48.4 Å². The normalized spacial score (nSPS) is 35.9. The maximum Gasteiger partial charge on any atom is 0.220 e. The van der Waals surface area contributed by atoms with Crippen molar-refractivity contribution in [1.29, 1.82) is 0 Å². The fourth-order valence-corrected chi connectivity index (χ4v) is 3.33. The van der Waals surface area contributed by atoms with Crippen molar-refractivity contribution in [2.24, 2.45) is 5.41 Å². The molecule has 2 N–H and O–H groups in total. The van der Waals surface area contributed by atoms with Crippen LogP contribution in [0.5, 0.6) is 0 Å². The number of nitrogens with zero attached hydrogens (tertiary/aromatic N) is 1. The van der Waals surface area contributed by atoms with Gasteiger partial charge in [0.2, 0.25) is 11.8 Å². The first-order chi connectivity index (χ1) is 8.56. The summed E-state index contributed by atoms with van der Waals surface area (Å²) in [5.41, 5.74) is -0.0342. The van der Waals surface area contributed by atoms with Crippen LogP contribution in [0.2, 0.25) is 0 Å². The van der Waals surface area contributed by atoms with Crippen molar-refractivity contribution in [3.05, 3.63) is 0 Å². The molecule has 0 radical (unpaired) electrons. The SMILES string of the molecule is CC(=O)N1CC(NC2CC2)CC2(CNC(=O)C2)C1. The van der Waals surface area contributed by atoms with Crippen LogP contribution in [0, 0.1) is 5.41 Å². The Morgan fingerprint density at radius 1 is 1.44 bits per heavy atom. The Morgan fingerprint density at radius 3 is 2.78 bits per heavy atom. The van der Waals surface area contributed by atoms with E-state index in [1.54, 1.807) is 6.92 Å². The number of amides is 2. The Morgan fingerprint density at radius 2 is 2.22 bits per heavy atom. The molecule has 5 heteroatoms. The van der Waals surface area contributed by atoms with Crippen molar-refractivity contribution < 1.29 is 9.59 Å². The fraction of sp³-hybridized carbons (Fsp3) is 0.846. The molecule has 0 aromatic rings. The van der Waals surface area contributed by atoms with Crippen LogP contribution in [0.1, 0.15) is 32.6 Å². The number of carbonyl (C=O) groups is 2. The van der Waals surface area contributed by atoms with E-state index in [0.29, 0.717) is 18.5 Å². The van der Waals surface area contributed by atoms with Gasteiger partial charge in [-0.1, -0.05) is 0 Å². The minimum Gasteiger partial charge on any atom is -0.355 e. The summed E-state index contributed by atoms with van der Waals surface area (Å²) in [6.45, 7) is 3.86. The quantitative estimate of drug-likeness (QED) is 0.718. The summed E-state index contributed by atoms with van der Waals surface area (Å²) in [4.78, 5) is 25.1. The molecule has 1 spiro atoms. The number of rotatable bonds is 2. The van der Waals surface area contributed by atoms with E-state index in [1.165, 1.54) is 12.8 Å². The molecule has 5 nitrogen and oxygen atoms in total. The van der Waals surface area contributed by atoms with Crippen molar-refractivity contribution in [2.45, 2.75) is 44.7 Å². The zero-order valence-corrected chi connectivity index (χ0v) is 10.9. The van der Waals surface area contributed by atoms with Crippen molar-refractivity contribution in [3.8, 4) is 0 Å². The molecule has 2 amide bonds. The molecule has 100 valence electrons. The van der Waals surface area contributed by atoms with Gasteiger partial charge in [0.15, 0.2) is 0 Å². The molecule has 2 unspecified atom stereocenters. The molecule has 2 heterocycles. The smallest absolute Gasteiger partial charge is 0.220 e. The third kappa shape index (κ3) is 2.36. The van der Waals surface area contributed by atoms with Crippen LogP contribution >= 0.6 is 0 Å². The Kier molecular flexibility index (Phi) is 2.81. The van der Waals surface area contributed by atoms with Crippen molar-refractivity contribution in [3.63, 3.8) is 0 Å². The number of hydrogen-bond donors (Lipinski definition) is 2. The van der Waals surface area contributed by atoms with E-state index >= 15 is 0 Å². The van der Waals surface area contributed by atoms with Gasteiger partial charge in [-0.2, -0.15) is 0 Å². The second kappa shape index (κ2) is 4.23. The molecule has 0 aromatic carbocycles. The standard InChI is InChI=1S/C13H21N3O2/c1-9(17)16-6-11(15-10-2-3-10)4-13(8-16)5-12(18)14-7-13/h10-11,15H,2-8H2,1H3,(H,14,18). The van der Waals surface area contributed by atoms with Crippen LogP contribution < -0.4 is 10.6 Å². The van der Waals surface area contributed by atoms with E-state index in [2.05, 4.69) is 10.6 Å². The van der Waals surface area contributed by atoms with E-state index in [4.69, 9.17) is 0 Å². The zero-order valence-electron chi connectivity index (χ0n) is 10.9. The monoisotopic (exact) mass is 251 g/mol. The first-order valence-electron chi connectivity index (χ1n) is 6.85. The molecule has 1 aliphatic carbocycles. The third-order valence-electron chi connectivity index (χ3n) is 4.34. The van der Waals surface area contributed by atoms with E-state index < -0.39 is 0 Å². The number of hydrogen-bond acceptors (Lipinski definition) is 3. The van der Waals surface area contributed by atoms with E-state index in [-0.39, 0.29) is 17.2 Å². The first-order valence-corrected chi connectivity index (χ1v) is 6.85. The summed E-state index contributed by atoms with van der Waals surface area (Å²) in [5.74, 6) is 0.251. The molecule has 18 heavy (non-hydrogen) atoms. The van der Waals surface area contributed by atoms with Gasteiger partial charge in [0.25, 0.3) is 0 Å². The molecule has 3 rings (SSSR count). The Hall–Kier alpha value is -1.10. The van der Waals surface area contributed by atoms with Gasteiger partial charge in [-0.15, -0.1) is 0 Å². The largest absolute Gasteiger partial charge is 0.355 e. The predicted molar refractivity (Wildman–Crippen MR) is 66.9 cm³/mol. The topological polar surface area (TPSA) is 61.4 Å². The number of nitrogens with one attached hydrogen (secondary N) is 2. The molecular formula is C13H21N3O2. The molecule has 2 aliphatic heterocycles. The molecule has 2 saturated heterocycles. The lowest BCUT2D eigenvalue weighted by Gasteiger charge is -2.43. The molecule has 2 atom stereocenters.